The lowest BCUT2D eigenvalue weighted by atomic mass is 9.93. The first kappa shape index (κ1) is 22.4. The van der Waals surface area contributed by atoms with Crippen molar-refractivity contribution in [3.8, 4) is 0 Å². The van der Waals surface area contributed by atoms with E-state index in [4.69, 9.17) is 14.6 Å². The molecule has 3 fully saturated rings. The van der Waals surface area contributed by atoms with Crippen LogP contribution in [0.5, 0.6) is 0 Å². The van der Waals surface area contributed by atoms with Gasteiger partial charge in [-0.25, -0.2) is 13.2 Å². The molecule has 0 radical (unpaired) electrons. The molecule has 0 unspecified atom stereocenters. The fraction of sp³-hybridized carbons (Fsp3) is 0.938. The van der Waals surface area contributed by atoms with Gasteiger partial charge in [0.15, 0.2) is 0 Å². The van der Waals surface area contributed by atoms with Gasteiger partial charge in [-0.05, 0) is 39.8 Å². The molecular weight excluding hydrogens is 389 g/mol. The minimum Gasteiger partial charge on any atom is -0.475 e. The van der Waals surface area contributed by atoms with E-state index in [1.807, 2.05) is 0 Å². The number of hydrogen-bond donors (Lipinski definition) is 1. The van der Waals surface area contributed by atoms with Crippen LogP contribution in [0.25, 0.3) is 0 Å². The molecular formula is C16H27F3N2O5S. The Hall–Kier alpha value is -0.910. The molecule has 0 aliphatic carbocycles. The van der Waals surface area contributed by atoms with E-state index in [1.165, 1.54) is 25.9 Å². The molecule has 0 spiro atoms. The van der Waals surface area contributed by atoms with Crippen molar-refractivity contribution in [1.82, 2.24) is 9.21 Å². The van der Waals surface area contributed by atoms with E-state index < -0.39 is 22.2 Å². The van der Waals surface area contributed by atoms with E-state index in [9.17, 15) is 21.6 Å². The van der Waals surface area contributed by atoms with Crippen molar-refractivity contribution in [2.24, 2.45) is 11.8 Å². The Kier molecular flexibility index (Phi) is 7.15. The van der Waals surface area contributed by atoms with Crippen LogP contribution < -0.4 is 0 Å². The summed E-state index contributed by atoms with van der Waals surface area (Å²) in [5.74, 6) is -1.86. The highest BCUT2D eigenvalue weighted by Gasteiger charge is 2.47. The van der Waals surface area contributed by atoms with Gasteiger partial charge in [-0.3, -0.25) is 0 Å². The Morgan fingerprint density at radius 2 is 1.78 bits per heavy atom. The van der Waals surface area contributed by atoms with Gasteiger partial charge in [-0.2, -0.15) is 17.5 Å². The largest absolute Gasteiger partial charge is 0.490 e. The molecule has 0 aromatic heterocycles. The van der Waals surface area contributed by atoms with Gasteiger partial charge >= 0.3 is 12.1 Å². The molecule has 0 aromatic rings. The molecule has 11 heteroatoms. The predicted molar refractivity (Wildman–Crippen MR) is 91.7 cm³/mol. The van der Waals surface area contributed by atoms with Crippen molar-refractivity contribution in [3.63, 3.8) is 0 Å². The third-order valence-electron chi connectivity index (χ3n) is 5.29. The summed E-state index contributed by atoms with van der Waals surface area (Å²) in [6.07, 6.45) is -2.36. The molecule has 0 amide bonds. The minimum absolute atomic E-state index is 0.121. The van der Waals surface area contributed by atoms with Crippen molar-refractivity contribution in [1.29, 1.82) is 0 Å². The zero-order valence-electron chi connectivity index (χ0n) is 15.5. The van der Waals surface area contributed by atoms with Crippen LogP contribution in [-0.2, 0) is 19.6 Å². The van der Waals surface area contributed by atoms with Crippen molar-refractivity contribution < 1.29 is 36.2 Å². The van der Waals surface area contributed by atoms with Gasteiger partial charge < -0.3 is 14.7 Å². The standard InChI is InChI=1S/C14H26N2O3S.C2HF3O2/c1-11(2)20(17,18)16-8-13-12(10-19-14(13)9-16)7-15-5-3-4-6-15;3-2(4,5)1(6)7/h11-14H,3-10H2,1-2H3;(H,6,7)/t12-,13+,14+;/m0./s1. The van der Waals surface area contributed by atoms with Gasteiger partial charge in [-0.15, -0.1) is 0 Å². The van der Waals surface area contributed by atoms with Crippen molar-refractivity contribution in [3.05, 3.63) is 0 Å². The number of carbonyl (C=O) groups is 1. The van der Waals surface area contributed by atoms with Crippen LogP contribution in [0, 0.1) is 11.8 Å². The normalized spacial score (nSPS) is 29.6. The number of nitrogens with zero attached hydrogens (tertiary/aromatic N) is 2. The average Bonchev–Trinajstić information content (AvgIpc) is 3.26. The summed E-state index contributed by atoms with van der Waals surface area (Å²) in [6.45, 7) is 9.01. The Labute approximate surface area is 157 Å². The number of likely N-dealkylation sites (tertiary alicyclic amines) is 1. The van der Waals surface area contributed by atoms with Crippen LogP contribution in [0.2, 0.25) is 0 Å². The molecule has 3 aliphatic heterocycles. The summed E-state index contributed by atoms with van der Waals surface area (Å²) in [7, 11) is -3.13. The van der Waals surface area contributed by atoms with E-state index >= 15 is 0 Å². The summed E-state index contributed by atoms with van der Waals surface area (Å²) in [5.41, 5.74) is 0. The zero-order valence-corrected chi connectivity index (χ0v) is 16.3. The number of rotatable bonds is 4. The van der Waals surface area contributed by atoms with Crippen LogP contribution in [0.4, 0.5) is 13.2 Å². The van der Waals surface area contributed by atoms with Crippen LogP contribution in [0.15, 0.2) is 0 Å². The number of aliphatic carboxylic acids is 1. The molecule has 7 nitrogen and oxygen atoms in total. The highest BCUT2D eigenvalue weighted by molar-refractivity contribution is 7.89. The molecule has 3 saturated heterocycles. The smallest absolute Gasteiger partial charge is 0.475 e. The minimum atomic E-state index is -5.08. The first-order valence-electron chi connectivity index (χ1n) is 9.06. The van der Waals surface area contributed by atoms with E-state index in [-0.39, 0.29) is 11.4 Å². The summed E-state index contributed by atoms with van der Waals surface area (Å²) in [5, 5.41) is 6.79. The Bertz CT molecular complexity index is 620. The van der Waals surface area contributed by atoms with E-state index in [2.05, 4.69) is 4.90 Å². The number of hydrogen-bond acceptors (Lipinski definition) is 5. The summed E-state index contributed by atoms with van der Waals surface area (Å²) in [4.78, 5) is 11.4. The van der Waals surface area contributed by atoms with Crippen LogP contribution in [0.3, 0.4) is 0 Å². The fourth-order valence-electron chi connectivity index (χ4n) is 3.75. The van der Waals surface area contributed by atoms with Gasteiger partial charge in [0, 0.05) is 31.5 Å². The third-order valence-corrected chi connectivity index (χ3v) is 7.50. The van der Waals surface area contributed by atoms with Crippen LogP contribution in [-0.4, -0.2) is 85.6 Å². The lowest BCUT2D eigenvalue weighted by Gasteiger charge is -2.24. The van der Waals surface area contributed by atoms with Gasteiger partial charge in [0.05, 0.1) is 18.0 Å². The molecule has 3 heterocycles. The fourth-order valence-corrected chi connectivity index (χ4v) is 5.08. The first-order valence-corrected chi connectivity index (χ1v) is 10.6. The summed E-state index contributed by atoms with van der Waals surface area (Å²) in [6, 6.07) is 0. The number of halogens is 3. The van der Waals surface area contributed by atoms with Gasteiger partial charge in [0.1, 0.15) is 0 Å². The van der Waals surface area contributed by atoms with Crippen molar-refractivity contribution >= 4 is 16.0 Å². The Morgan fingerprint density at radius 1 is 1.22 bits per heavy atom. The lowest BCUT2D eigenvalue weighted by Crippen LogP contribution is -2.37. The highest BCUT2D eigenvalue weighted by Crippen LogP contribution is 2.36. The zero-order chi connectivity index (χ0) is 20.4. The van der Waals surface area contributed by atoms with Crippen LogP contribution in [0.1, 0.15) is 26.7 Å². The Balaban J connectivity index is 0.000000321. The molecule has 3 rings (SSSR count). The van der Waals surface area contributed by atoms with Crippen LogP contribution >= 0.6 is 0 Å². The van der Waals surface area contributed by atoms with E-state index in [0.717, 1.165) is 13.2 Å². The van der Waals surface area contributed by atoms with E-state index in [0.29, 0.717) is 24.9 Å². The maximum atomic E-state index is 12.3. The second-order valence-electron chi connectivity index (χ2n) is 7.52. The molecule has 1 N–H and O–H groups in total. The monoisotopic (exact) mass is 416 g/mol. The molecule has 0 aromatic carbocycles. The van der Waals surface area contributed by atoms with E-state index in [1.54, 1.807) is 18.2 Å². The molecule has 0 saturated carbocycles. The number of fused-ring (bicyclic) bond motifs is 1. The Morgan fingerprint density at radius 3 is 2.26 bits per heavy atom. The SMILES string of the molecule is CC(C)S(=O)(=O)N1C[C@@H]2[C@@H](CN3CCCC3)CO[C@@H]2C1.O=C(O)C(F)(F)F. The van der Waals surface area contributed by atoms with Gasteiger partial charge in [-0.1, -0.05) is 0 Å². The van der Waals surface area contributed by atoms with Crippen molar-refractivity contribution in [2.45, 2.75) is 44.2 Å². The number of sulfonamides is 1. The average molecular weight is 416 g/mol. The predicted octanol–water partition coefficient (Wildman–Crippen LogP) is 1.40. The highest BCUT2D eigenvalue weighted by atomic mass is 32.2. The van der Waals surface area contributed by atoms with Crippen molar-refractivity contribution in [2.75, 3.05) is 39.3 Å². The molecule has 27 heavy (non-hydrogen) atoms. The maximum Gasteiger partial charge on any atom is 0.490 e. The number of alkyl halides is 3. The third kappa shape index (κ3) is 5.55. The summed E-state index contributed by atoms with van der Waals surface area (Å²) < 4.78 is 63.8. The molecule has 3 atom stereocenters. The second kappa shape index (κ2) is 8.62. The quantitative estimate of drug-likeness (QED) is 0.746. The number of ether oxygens (including phenoxy) is 1. The number of carboxylic acids is 1. The maximum absolute atomic E-state index is 12.3. The molecule has 158 valence electrons. The topological polar surface area (TPSA) is 87.2 Å². The molecule has 0 bridgehead atoms. The lowest BCUT2D eigenvalue weighted by molar-refractivity contribution is -0.192. The van der Waals surface area contributed by atoms with Gasteiger partial charge in [0.25, 0.3) is 0 Å². The number of carboxylic acid groups (broad SMARTS) is 1. The second-order valence-corrected chi connectivity index (χ2v) is 10.0. The molecule has 3 aliphatic rings. The first-order chi connectivity index (χ1) is 12.4. The summed E-state index contributed by atoms with van der Waals surface area (Å²) >= 11 is 0. The van der Waals surface area contributed by atoms with Gasteiger partial charge in [0.2, 0.25) is 10.0 Å².